The molecule has 3 aliphatic heterocycles. The lowest BCUT2D eigenvalue weighted by atomic mass is 9.97. The number of hydrogen-bond donors (Lipinski definition) is 4. The number of benzene rings is 1. The number of rotatable bonds is 10. The van der Waals surface area contributed by atoms with Crippen LogP contribution in [0.3, 0.4) is 0 Å². The summed E-state index contributed by atoms with van der Waals surface area (Å²) < 4.78 is 30.2. The fraction of sp³-hybridized carbons (Fsp3) is 0.364. The lowest BCUT2D eigenvalue weighted by Gasteiger charge is -2.41. The zero-order valence-corrected chi connectivity index (χ0v) is 21.6. The van der Waals surface area contributed by atoms with Crippen molar-refractivity contribution in [1.82, 2.24) is 20.1 Å². The number of carboxylic acids is 2. The highest BCUT2D eigenvalue weighted by molar-refractivity contribution is 8.02. The molecule has 1 aromatic carbocycles. The first-order valence-electron chi connectivity index (χ1n) is 11.4. The van der Waals surface area contributed by atoms with Crippen LogP contribution in [-0.4, -0.2) is 116 Å². The standard InChI is InChI=1S/C22H23N5O10S2/c28-16(14(19(30)31)13-6-2-1-3-7-13)24-15-17(29)25-12-22(20(32)33,38-18(15)25)26-9-10-27(21(26)34)23-8-4-5-11-39(35,36)37/h1-8,14-15,18H,9-12H2,(H,24,28)(H,30,31)(H,32,33)(H,35,36,37)/b5-4+,23-8+/t14?,15-,18-,22-/m1/s1. The lowest BCUT2D eigenvalue weighted by molar-refractivity contribution is -0.153. The average molecular weight is 582 g/mol. The number of thioether (sulfide) groups is 1. The number of hydrogen-bond acceptors (Lipinski definition) is 9. The molecule has 0 radical (unpaired) electrons. The van der Waals surface area contributed by atoms with Gasteiger partial charge in [0.15, 0.2) is 5.92 Å². The molecule has 17 heteroatoms. The number of aliphatic carboxylic acids is 2. The molecule has 208 valence electrons. The molecule has 1 aromatic rings. The van der Waals surface area contributed by atoms with Crippen LogP contribution in [0.4, 0.5) is 4.79 Å². The maximum Gasteiger partial charge on any atom is 0.342 e. The van der Waals surface area contributed by atoms with Crippen LogP contribution in [0.2, 0.25) is 0 Å². The Morgan fingerprint density at radius 2 is 1.87 bits per heavy atom. The third-order valence-corrected chi connectivity index (χ3v) is 8.57. The number of nitrogens with one attached hydrogen (secondary N) is 1. The summed E-state index contributed by atoms with van der Waals surface area (Å²) in [5.41, 5.74) is 0.209. The van der Waals surface area contributed by atoms with E-state index in [1.165, 1.54) is 23.1 Å². The third-order valence-electron chi connectivity index (χ3n) is 6.27. The summed E-state index contributed by atoms with van der Waals surface area (Å²) in [6.45, 7) is -0.403. The predicted molar refractivity (Wildman–Crippen MR) is 135 cm³/mol. The van der Waals surface area contributed by atoms with Gasteiger partial charge in [-0.05, 0) is 11.6 Å². The molecule has 3 saturated heterocycles. The highest BCUT2D eigenvalue weighted by Gasteiger charge is 2.66. The molecule has 0 aliphatic carbocycles. The summed E-state index contributed by atoms with van der Waals surface area (Å²) in [5, 5.41) is 26.1. The molecule has 3 fully saturated rings. The number of nitrogens with zero attached hydrogens (tertiary/aromatic N) is 4. The number of fused-ring (bicyclic) bond motifs is 1. The van der Waals surface area contributed by atoms with E-state index >= 15 is 0 Å². The fourth-order valence-electron chi connectivity index (χ4n) is 4.42. The van der Waals surface area contributed by atoms with Crippen molar-refractivity contribution < 1.29 is 47.2 Å². The molecule has 1 unspecified atom stereocenters. The molecule has 4 rings (SSSR count). The molecule has 0 spiro atoms. The number of carboxylic acid groups (broad SMARTS) is 2. The highest BCUT2D eigenvalue weighted by Crippen LogP contribution is 2.49. The minimum Gasteiger partial charge on any atom is -0.480 e. The van der Waals surface area contributed by atoms with Crippen molar-refractivity contribution in [3.8, 4) is 0 Å². The Hall–Kier alpha value is -3.96. The lowest BCUT2D eigenvalue weighted by Crippen LogP contribution is -2.68. The van der Waals surface area contributed by atoms with Gasteiger partial charge >= 0.3 is 18.0 Å². The van der Waals surface area contributed by atoms with Crippen molar-refractivity contribution in [3.63, 3.8) is 0 Å². The van der Waals surface area contributed by atoms with Crippen molar-refractivity contribution in [2.75, 3.05) is 25.4 Å². The van der Waals surface area contributed by atoms with E-state index in [-0.39, 0.29) is 25.2 Å². The van der Waals surface area contributed by atoms with Gasteiger partial charge in [0.25, 0.3) is 10.1 Å². The van der Waals surface area contributed by atoms with Crippen molar-refractivity contribution in [1.29, 1.82) is 0 Å². The van der Waals surface area contributed by atoms with Crippen LogP contribution in [-0.2, 0) is 29.3 Å². The summed E-state index contributed by atoms with van der Waals surface area (Å²) in [5.74, 6) is -6.58. The largest absolute Gasteiger partial charge is 0.480 e. The second kappa shape index (κ2) is 10.7. The van der Waals surface area contributed by atoms with Crippen molar-refractivity contribution >= 4 is 57.9 Å². The number of carbonyl (C=O) groups excluding carboxylic acids is 3. The molecule has 0 bridgehead atoms. The highest BCUT2D eigenvalue weighted by atomic mass is 32.2. The van der Waals surface area contributed by atoms with Crippen LogP contribution in [0.15, 0.2) is 47.6 Å². The Balaban J connectivity index is 1.46. The minimum absolute atomic E-state index is 0.00715. The van der Waals surface area contributed by atoms with Crippen molar-refractivity contribution in [2.45, 2.75) is 22.2 Å². The second-order valence-corrected chi connectivity index (χ2v) is 11.6. The van der Waals surface area contributed by atoms with Crippen LogP contribution in [0.1, 0.15) is 11.5 Å². The van der Waals surface area contributed by atoms with Crippen molar-refractivity contribution in [3.05, 3.63) is 48.0 Å². The molecule has 0 aromatic heterocycles. The Morgan fingerprint density at radius 3 is 2.49 bits per heavy atom. The number of amides is 4. The van der Waals surface area contributed by atoms with E-state index in [0.29, 0.717) is 0 Å². The third kappa shape index (κ3) is 5.45. The van der Waals surface area contributed by atoms with Gasteiger partial charge in [-0.2, -0.15) is 13.5 Å². The summed E-state index contributed by atoms with van der Waals surface area (Å²) in [7, 11) is -4.21. The van der Waals surface area contributed by atoms with Crippen LogP contribution in [0.5, 0.6) is 0 Å². The monoisotopic (exact) mass is 581 g/mol. The molecule has 15 nitrogen and oxygen atoms in total. The Bertz CT molecular complexity index is 1370. The van der Waals surface area contributed by atoms with Crippen LogP contribution in [0.25, 0.3) is 0 Å². The van der Waals surface area contributed by atoms with E-state index < -0.39 is 67.9 Å². The maximum atomic E-state index is 13.0. The van der Waals surface area contributed by atoms with Gasteiger partial charge in [-0.25, -0.2) is 14.6 Å². The molecule has 4 amide bonds. The first-order chi connectivity index (χ1) is 18.4. The Morgan fingerprint density at radius 1 is 1.18 bits per heavy atom. The van der Waals surface area contributed by atoms with E-state index in [1.54, 1.807) is 18.2 Å². The minimum atomic E-state index is -4.21. The van der Waals surface area contributed by atoms with E-state index in [2.05, 4.69) is 10.4 Å². The Kier molecular flexibility index (Phi) is 7.67. The van der Waals surface area contributed by atoms with Gasteiger partial charge in [-0.15, -0.1) is 0 Å². The molecular formula is C22H23N5O10S2. The number of carbonyl (C=O) groups is 5. The van der Waals surface area contributed by atoms with Gasteiger partial charge in [-0.1, -0.05) is 48.2 Å². The Labute approximate surface area is 225 Å². The van der Waals surface area contributed by atoms with Gasteiger partial charge in [0.2, 0.25) is 16.7 Å². The summed E-state index contributed by atoms with van der Waals surface area (Å²) in [6, 6.07) is 5.76. The van der Waals surface area contributed by atoms with E-state index in [4.69, 9.17) is 4.55 Å². The first-order valence-corrected chi connectivity index (χ1v) is 13.9. The molecule has 4 atom stereocenters. The smallest absolute Gasteiger partial charge is 0.342 e. The molecule has 3 heterocycles. The van der Waals surface area contributed by atoms with Gasteiger partial charge < -0.3 is 20.4 Å². The maximum absolute atomic E-state index is 13.0. The van der Waals surface area contributed by atoms with Gasteiger partial charge in [-0.3, -0.25) is 23.8 Å². The van der Waals surface area contributed by atoms with Crippen molar-refractivity contribution in [2.24, 2.45) is 5.10 Å². The van der Waals surface area contributed by atoms with Crippen LogP contribution in [0, 0.1) is 0 Å². The van der Waals surface area contributed by atoms with Gasteiger partial charge in [0.1, 0.15) is 11.4 Å². The average Bonchev–Trinajstić information content (AvgIpc) is 3.41. The number of β-lactam (4-membered cyclic amide) rings is 1. The predicted octanol–water partition coefficient (Wildman–Crippen LogP) is -0.797. The summed E-state index contributed by atoms with van der Waals surface area (Å²) >= 11 is 0.785. The SMILES string of the molecule is O=C(O)C(C(=O)N[C@@H]1C(=O)N2C[C@@](C(=O)O)(N3CCN(/N=C/C=C/CS(=O)(=O)O)C3=O)S[C@H]12)c1ccccc1. The van der Waals surface area contributed by atoms with Crippen LogP contribution < -0.4 is 5.32 Å². The first kappa shape index (κ1) is 28.1. The zero-order valence-electron chi connectivity index (χ0n) is 20.0. The second-order valence-electron chi connectivity index (χ2n) is 8.73. The van der Waals surface area contributed by atoms with Gasteiger partial charge in [0, 0.05) is 12.8 Å². The van der Waals surface area contributed by atoms with E-state index in [9.17, 15) is 42.6 Å². The van der Waals surface area contributed by atoms with Gasteiger partial charge in [0.05, 0.1) is 18.8 Å². The zero-order chi connectivity index (χ0) is 28.5. The number of hydrazone groups is 1. The topological polar surface area (TPSA) is 214 Å². The summed E-state index contributed by atoms with van der Waals surface area (Å²) in [6.07, 6.45) is 3.40. The van der Waals surface area contributed by atoms with E-state index in [0.717, 1.165) is 34.0 Å². The molecule has 39 heavy (non-hydrogen) atoms. The van der Waals surface area contributed by atoms with Crippen LogP contribution >= 0.6 is 11.8 Å². The molecular weight excluding hydrogens is 558 g/mol. The molecule has 3 aliphatic rings. The van der Waals surface area contributed by atoms with E-state index in [1.807, 2.05) is 0 Å². The number of urea groups is 1. The molecule has 0 saturated carbocycles. The normalized spacial score (nSPS) is 25.7. The number of allylic oxidation sites excluding steroid dienone is 1. The quantitative estimate of drug-likeness (QED) is 0.116. The summed E-state index contributed by atoms with van der Waals surface area (Å²) in [4.78, 5) is 63.2. The fourth-order valence-corrected chi connectivity index (χ4v) is 6.41. The molecule has 4 N–H and O–H groups in total.